The van der Waals surface area contributed by atoms with Gasteiger partial charge in [-0.25, -0.2) is 0 Å². The Balaban J connectivity index is 1.82. The molecule has 3 rings (SSSR count). The number of nitrogens with one attached hydrogen (secondary N) is 1. The summed E-state index contributed by atoms with van der Waals surface area (Å²) < 4.78 is 40.0. The Morgan fingerprint density at radius 1 is 1.24 bits per heavy atom. The minimum absolute atomic E-state index is 0.130. The maximum Gasteiger partial charge on any atom is 0.402 e. The average Bonchev–Trinajstić information content (AvgIpc) is 3.07. The van der Waals surface area contributed by atoms with Crippen molar-refractivity contribution in [3.05, 3.63) is 34.9 Å². The van der Waals surface area contributed by atoms with Crippen LogP contribution in [-0.4, -0.2) is 25.0 Å². The molecule has 1 heterocycles. The van der Waals surface area contributed by atoms with E-state index in [1.54, 1.807) is 6.07 Å². The Labute approximate surface area is 121 Å². The van der Waals surface area contributed by atoms with E-state index in [-0.39, 0.29) is 25.9 Å². The Morgan fingerprint density at radius 3 is 2.67 bits per heavy atom. The maximum absolute atomic E-state index is 13.3. The van der Waals surface area contributed by atoms with Gasteiger partial charge in [0.1, 0.15) is 5.41 Å². The van der Waals surface area contributed by atoms with Crippen molar-refractivity contribution in [3.8, 4) is 0 Å². The van der Waals surface area contributed by atoms with Crippen LogP contribution >= 0.6 is 0 Å². The van der Waals surface area contributed by atoms with Crippen molar-refractivity contribution in [2.75, 3.05) is 13.1 Å². The van der Waals surface area contributed by atoms with Crippen molar-refractivity contribution < 1.29 is 18.0 Å². The van der Waals surface area contributed by atoms with Crippen molar-refractivity contribution in [3.63, 3.8) is 0 Å². The molecule has 1 fully saturated rings. The van der Waals surface area contributed by atoms with E-state index >= 15 is 0 Å². The van der Waals surface area contributed by atoms with E-state index in [2.05, 4.69) is 5.32 Å². The number of benzene rings is 1. The Bertz CT molecular complexity index is 559. The van der Waals surface area contributed by atoms with Crippen LogP contribution in [0.4, 0.5) is 13.2 Å². The second kappa shape index (κ2) is 5.13. The summed E-state index contributed by atoms with van der Waals surface area (Å²) in [5.74, 6) is -0.710. The van der Waals surface area contributed by atoms with Gasteiger partial charge in [0, 0.05) is 13.0 Å². The van der Waals surface area contributed by atoms with Gasteiger partial charge in [-0.15, -0.1) is 0 Å². The van der Waals surface area contributed by atoms with Crippen molar-refractivity contribution in [2.45, 2.75) is 38.3 Å². The van der Waals surface area contributed by atoms with Gasteiger partial charge in [-0.05, 0) is 48.9 Å². The monoisotopic (exact) mass is 297 g/mol. The Morgan fingerprint density at radius 2 is 2.00 bits per heavy atom. The highest BCUT2D eigenvalue weighted by molar-refractivity contribution is 5.88. The van der Waals surface area contributed by atoms with Crippen molar-refractivity contribution >= 4 is 5.78 Å². The maximum atomic E-state index is 13.3. The lowest BCUT2D eigenvalue weighted by Gasteiger charge is -2.29. The van der Waals surface area contributed by atoms with Gasteiger partial charge in [0.25, 0.3) is 0 Å². The standard InChI is InChI=1S/C16H18F3NO/c17-16(18,19)15(6-7-20-10-15)14(21)9-11-4-5-12-2-1-3-13(12)8-11/h4-5,8,20H,1-3,6-7,9-10H2. The lowest BCUT2D eigenvalue weighted by Crippen LogP contribution is -2.47. The van der Waals surface area contributed by atoms with Gasteiger partial charge in [0.15, 0.2) is 5.78 Å². The molecule has 1 aliphatic heterocycles. The van der Waals surface area contributed by atoms with Crippen LogP contribution in [0.3, 0.4) is 0 Å². The summed E-state index contributed by atoms with van der Waals surface area (Å²) in [6.07, 6.45) is -1.69. The van der Waals surface area contributed by atoms with E-state index in [0.717, 1.165) is 19.3 Å². The van der Waals surface area contributed by atoms with Crippen LogP contribution < -0.4 is 5.32 Å². The zero-order valence-corrected chi connectivity index (χ0v) is 11.7. The van der Waals surface area contributed by atoms with E-state index in [4.69, 9.17) is 0 Å². The zero-order chi connectivity index (χ0) is 15.1. The molecule has 1 saturated heterocycles. The van der Waals surface area contributed by atoms with Crippen molar-refractivity contribution in [1.29, 1.82) is 0 Å². The van der Waals surface area contributed by atoms with Crippen LogP contribution in [0.1, 0.15) is 29.5 Å². The normalized spacial score (nSPS) is 25.1. The largest absolute Gasteiger partial charge is 0.402 e. The number of fused-ring (bicyclic) bond motifs is 1. The van der Waals surface area contributed by atoms with Crippen molar-refractivity contribution in [2.24, 2.45) is 5.41 Å². The highest BCUT2D eigenvalue weighted by Gasteiger charge is 2.60. The molecular weight excluding hydrogens is 279 g/mol. The molecule has 1 N–H and O–H groups in total. The predicted molar refractivity (Wildman–Crippen MR) is 73.2 cm³/mol. The topological polar surface area (TPSA) is 29.1 Å². The summed E-state index contributed by atoms with van der Waals surface area (Å²) >= 11 is 0. The lowest BCUT2D eigenvalue weighted by atomic mass is 9.79. The molecule has 2 nitrogen and oxygen atoms in total. The minimum Gasteiger partial charge on any atom is -0.315 e. The van der Waals surface area contributed by atoms with E-state index in [1.807, 2.05) is 12.1 Å². The summed E-state index contributed by atoms with van der Waals surface area (Å²) in [7, 11) is 0. The molecule has 5 heteroatoms. The molecule has 0 radical (unpaired) electrons. The molecule has 0 aromatic heterocycles. The SMILES string of the molecule is O=C(Cc1ccc2c(c1)CCC2)C1(C(F)(F)F)CCNC1. The van der Waals surface area contributed by atoms with Crippen LogP contribution in [0.25, 0.3) is 0 Å². The van der Waals surface area contributed by atoms with Crippen LogP contribution in [0.5, 0.6) is 0 Å². The number of rotatable bonds is 3. The van der Waals surface area contributed by atoms with Crippen molar-refractivity contribution in [1.82, 2.24) is 5.32 Å². The number of aryl methyl sites for hydroxylation is 2. The molecule has 0 amide bonds. The van der Waals surface area contributed by atoms with Crippen LogP contribution in [0.2, 0.25) is 0 Å². The van der Waals surface area contributed by atoms with E-state index in [9.17, 15) is 18.0 Å². The highest BCUT2D eigenvalue weighted by Crippen LogP contribution is 2.44. The third-order valence-electron chi connectivity index (χ3n) is 4.76. The Hall–Kier alpha value is -1.36. The zero-order valence-electron chi connectivity index (χ0n) is 11.7. The second-order valence-electron chi connectivity index (χ2n) is 6.06. The van der Waals surface area contributed by atoms with Gasteiger partial charge in [-0.1, -0.05) is 18.2 Å². The quantitative estimate of drug-likeness (QED) is 0.929. The summed E-state index contributed by atoms with van der Waals surface area (Å²) in [5.41, 5.74) is 0.952. The molecule has 1 aromatic carbocycles. The van der Waals surface area contributed by atoms with Gasteiger partial charge >= 0.3 is 6.18 Å². The number of ketones is 1. The summed E-state index contributed by atoms with van der Waals surface area (Å²) in [6, 6.07) is 5.67. The fourth-order valence-electron chi connectivity index (χ4n) is 3.42. The first kappa shape index (κ1) is 14.6. The molecule has 0 bridgehead atoms. The first-order valence-electron chi connectivity index (χ1n) is 7.34. The van der Waals surface area contributed by atoms with E-state index in [0.29, 0.717) is 5.56 Å². The summed E-state index contributed by atoms with van der Waals surface area (Å²) in [5, 5.41) is 2.69. The van der Waals surface area contributed by atoms with Crippen LogP contribution in [-0.2, 0) is 24.1 Å². The van der Waals surface area contributed by atoms with Gasteiger partial charge in [-0.3, -0.25) is 4.79 Å². The number of halogens is 3. The molecule has 2 aliphatic rings. The second-order valence-corrected chi connectivity index (χ2v) is 6.06. The molecule has 0 saturated carbocycles. The predicted octanol–water partition coefficient (Wildman–Crippen LogP) is 2.83. The number of carbonyl (C=O) groups excluding carboxylic acids is 1. The van der Waals surface area contributed by atoms with Crippen LogP contribution in [0, 0.1) is 5.41 Å². The average molecular weight is 297 g/mol. The van der Waals surface area contributed by atoms with Gasteiger partial charge < -0.3 is 5.32 Å². The first-order valence-corrected chi connectivity index (χ1v) is 7.34. The van der Waals surface area contributed by atoms with Gasteiger partial charge in [-0.2, -0.15) is 13.2 Å². The number of alkyl halides is 3. The number of carbonyl (C=O) groups is 1. The Kier molecular flexibility index (Phi) is 3.56. The lowest BCUT2D eigenvalue weighted by molar-refractivity contribution is -0.214. The molecule has 1 aliphatic carbocycles. The first-order chi connectivity index (χ1) is 9.92. The molecule has 1 unspecified atom stereocenters. The smallest absolute Gasteiger partial charge is 0.315 e. The summed E-state index contributed by atoms with van der Waals surface area (Å²) in [6.45, 7) is -0.0459. The minimum atomic E-state index is -4.48. The van der Waals surface area contributed by atoms with E-state index < -0.39 is 17.4 Å². The van der Waals surface area contributed by atoms with Crippen LogP contribution in [0.15, 0.2) is 18.2 Å². The third-order valence-corrected chi connectivity index (χ3v) is 4.76. The fraction of sp³-hybridized carbons (Fsp3) is 0.562. The third kappa shape index (κ3) is 2.48. The fourth-order valence-corrected chi connectivity index (χ4v) is 3.42. The van der Waals surface area contributed by atoms with E-state index in [1.165, 1.54) is 11.1 Å². The molecule has 114 valence electrons. The molecule has 0 spiro atoms. The number of Topliss-reactive ketones (excluding diaryl/α,β-unsaturated/α-hetero) is 1. The summed E-state index contributed by atoms with van der Waals surface area (Å²) in [4.78, 5) is 12.3. The number of hydrogen-bond donors (Lipinski definition) is 1. The van der Waals surface area contributed by atoms with Gasteiger partial charge in [0.05, 0.1) is 0 Å². The van der Waals surface area contributed by atoms with Gasteiger partial charge in [0.2, 0.25) is 0 Å². The molecule has 1 aromatic rings. The molecule has 21 heavy (non-hydrogen) atoms. The highest BCUT2D eigenvalue weighted by atomic mass is 19.4. The molecular formula is C16H18F3NO. The molecule has 1 atom stereocenters. The number of hydrogen-bond acceptors (Lipinski definition) is 2.